The standard InChI is InChI=1S/C22H23NO3/c1-14-5-3-4-6-20(14)26-21-9-16(8-7-15(21)2)10-22(25)23-18(13-24)11-17-12-19(17)23/h3-9,13,17-19H,10-12H2,1-2H3. The topological polar surface area (TPSA) is 46.6 Å². The molecule has 0 aromatic heterocycles. The minimum absolute atomic E-state index is 0.0396. The molecular weight excluding hydrogens is 326 g/mol. The Kier molecular flexibility index (Phi) is 4.27. The van der Waals surface area contributed by atoms with E-state index in [0.29, 0.717) is 12.3 Å². The largest absolute Gasteiger partial charge is 0.457 e. The lowest BCUT2D eigenvalue weighted by molar-refractivity contribution is -0.135. The van der Waals surface area contributed by atoms with Gasteiger partial charge in [-0.3, -0.25) is 4.79 Å². The fraction of sp³-hybridized carbons (Fsp3) is 0.364. The molecule has 2 aliphatic rings. The van der Waals surface area contributed by atoms with Crippen molar-refractivity contribution in [3.05, 3.63) is 59.2 Å². The monoisotopic (exact) mass is 349 g/mol. The number of aldehydes is 1. The third-order valence-corrected chi connectivity index (χ3v) is 5.51. The van der Waals surface area contributed by atoms with Crippen LogP contribution in [0, 0.1) is 19.8 Å². The number of ether oxygens (including phenoxy) is 1. The van der Waals surface area contributed by atoms with Crippen molar-refractivity contribution in [2.45, 2.75) is 45.2 Å². The van der Waals surface area contributed by atoms with Gasteiger partial charge in [0.1, 0.15) is 17.8 Å². The second-order valence-electron chi connectivity index (χ2n) is 7.45. The van der Waals surface area contributed by atoms with Crippen molar-refractivity contribution >= 4 is 12.2 Å². The second-order valence-corrected chi connectivity index (χ2v) is 7.45. The molecule has 1 saturated carbocycles. The number of fused-ring (bicyclic) bond motifs is 1. The number of likely N-dealkylation sites (tertiary alicyclic amines) is 1. The predicted molar refractivity (Wildman–Crippen MR) is 99.3 cm³/mol. The molecule has 3 unspecified atom stereocenters. The highest BCUT2D eigenvalue weighted by molar-refractivity contribution is 5.83. The van der Waals surface area contributed by atoms with Gasteiger partial charge in [0.2, 0.25) is 5.91 Å². The van der Waals surface area contributed by atoms with Crippen LogP contribution in [-0.4, -0.2) is 29.2 Å². The molecule has 2 aromatic carbocycles. The molecule has 4 heteroatoms. The van der Waals surface area contributed by atoms with Crippen LogP contribution in [0.15, 0.2) is 42.5 Å². The van der Waals surface area contributed by atoms with E-state index >= 15 is 0 Å². The summed E-state index contributed by atoms with van der Waals surface area (Å²) in [4.78, 5) is 25.8. The van der Waals surface area contributed by atoms with Gasteiger partial charge in [-0.25, -0.2) is 0 Å². The molecule has 4 rings (SSSR count). The first kappa shape index (κ1) is 16.8. The number of carbonyl (C=O) groups is 2. The van der Waals surface area contributed by atoms with Gasteiger partial charge >= 0.3 is 0 Å². The first-order valence-electron chi connectivity index (χ1n) is 9.16. The Morgan fingerprint density at radius 2 is 1.88 bits per heavy atom. The summed E-state index contributed by atoms with van der Waals surface area (Å²) in [6, 6.07) is 13.8. The molecule has 134 valence electrons. The number of carbonyl (C=O) groups excluding carboxylic acids is 2. The summed E-state index contributed by atoms with van der Waals surface area (Å²) in [6.07, 6.45) is 3.10. The maximum Gasteiger partial charge on any atom is 0.227 e. The molecule has 26 heavy (non-hydrogen) atoms. The van der Waals surface area contributed by atoms with Gasteiger partial charge in [-0.05, 0) is 61.4 Å². The molecule has 3 atom stereocenters. The third kappa shape index (κ3) is 3.12. The number of benzene rings is 2. The third-order valence-electron chi connectivity index (χ3n) is 5.51. The van der Waals surface area contributed by atoms with E-state index in [2.05, 4.69) is 0 Å². The van der Waals surface area contributed by atoms with E-state index in [1.165, 1.54) is 0 Å². The summed E-state index contributed by atoms with van der Waals surface area (Å²) in [5.41, 5.74) is 3.01. The Labute approximate surface area is 153 Å². The summed E-state index contributed by atoms with van der Waals surface area (Å²) in [5.74, 6) is 2.16. The molecular formula is C22H23NO3. The van der Waals surface area contributed by atoms with Gasteiger partial charge in [0.25, 0.3) is 0 Å². The van der Waals surface area contributed by atoms with Crippen molar-refractivity contribution in [1.82, 2.24) is 4.90 Å². The molecule has 1 aliphatic carbocycles. The van der Waals surface area contributed by atoms with Crippen LogP contribution in [0.2, 0.25) is 0 Å². The summed E-state index contributed by atoms with van der Waals surface area (Å²) in [7, 11) is 0. The predicted octanol–water partition coefficient (Wildman–Crippen LogP) is 3.83. The number of aryl methyl sites for hydroxylation is 2. The number of hydrogen-bond acceptors (Lipinski definition) is 3. The van der Waals surface area contributed by atoms with Gasteiger partial charge in [-0.1, -0.05) is 30.3 Å². The maximum atomic E-state index is 12.8. The van der Waals surface area contributed by atoms with Crippen LogP contribution in [0.25, 0.3) is 0 Å². The van der Waals surface area contributed by atoms with Gasteiger partial charge in [-0.2, -0.15) is 0 Å². The molecule has 1 heterocycles. The molecule has 0 spiro atoms. The number of hydrogen-bond donors (Lipinski definition) is 0. The smallest absolute Gasteiger partial charge is 0.227 e. The second kappa shape index (κ2) is 6.60. The van der Waals surface area contributed by atoms with E-state index in [-0.39, 0.29) is 18.0 Å². The van der Waals surface area contributed by atoms with Crippen molar-refractivity contribution in [1.29, 1.82) is 0 Å². The molecule has 0 N–H and O–H groups in total. The lowest BCUT2D eigenvalue weighted by atomic mass is 10.1. The summed E-state index contributed by atoms with van der Waals surface area (Å²) >= 11 is 0. The van der Waals surface area contributed by atoms with E-state index in [9.17, 15) is 9.59 Å². The first-order chi connectivity index (χ1) is 12.6. The van der Waals surface area contributed by atoms with Gasteiger partial charge in [0.05, 0.1) is 12.5 Å². The van der Waals surface area contributed by atoms with Gasteiger partial charge in [0.15, 0.2) is 0 Å². The fourth-order valence-corrected chi connectivity index (χ4v) is 3.91. The first-order valence-corrected chi connectivity index (χ1v) is 9.16. The summed E-state index contributed by atoms with van der Waals surface area (Å²) in [5, 5.41) is 0. The highest BCUT2D eigenvalue weighted by atomic mass is 16.5. The maximum absolute atomic E-state index is 12.8. The van der Waals surface area contributed by atoms with Crippen LogP contribution in [0.4, 0.5) is 0 Å². The van der Waals surface area contributed by atoms with Gasteiger partial charge in [0, 0.05) is 6.04 Å². The lowest BCUT2D eigenvalue weighted by Crippen LogP contribution is -2.40. The summed E-state index contributed by atoms with van der Waals surface area (Å²) in [6.45, 7) is 4.01. The van der Waals surface area contributed by atoms with E-state index in [0.717, 1.165) is 47.3 Å². The molecule has 1 amide bonds. The van der Waals surface area contributed by atoms with E-state index < -0.39 is 0 Å². The Hall–Kier alpha value is -2.62. The highest BCUT2D eigenvalue weighted by Crippen LogP contribution is 2.47. The normalized spacial score (nSPS) is 23.5. The molecule has 0 bridgehead atoms. The number of piperidine rings is 1. The SMILES string of the molecule is Cc1ccccc1Oc1cc(CC(=O)N2C(C=O)CC3CC32)ccc1C. The van der Waals surface area contributed by atoms with Crippen molar-refractivity contribution in [3.63, 3.8) is 0 Å². The van der Waals surface area contributed by atoms with Crippen molar-refractivity contribution < 1.29 is 14.3 Å². The lowest BCUT2D eigenvalue weighted by Gasteiger charge is -2.23. The number of nitrogens with zero attached hydrogens (tertiary/aromatic N) is 1. The van der Waals surface area contributed by atoms with Crippen LogP contribution in [0.5, 0.6) is 11.5 Å². The van der Waals surface area contributed by atoms with Crippen LogP contribution >= 0.6 is 0 Å². The Morgan fingerprint density at radius 1 is 1.12 bits per heavy atom. The van der Waals surface area contributed by atoms with Crippen LogP contribution in [-0.2, 0) is 16.0 Å². The molecule has 2 aromatic rings. The Morgan fingerprint density at radius 3 is 2.65 bits per heavy atom. The Bertz CT molecular complexity index is 860. The number of amides is 1. The molecule has 4 nitrogen and oxygen atoms in total. The van der Waals surface area contributed by atoms with Crippen LogP contribution in [0.3, 0.4) is 0 Å². The zero-order valence-electron chi connectivity index (χ0n) is 15.1. The van der Waals surface area contributed by atoms with E-state index in [4.69, 9.17) is 4.74 Å². The fourth-order valence-electron chi connectivity index (χ4n) is 3.91. The zero-order valence-corrected chi connectivity index (χ0v) is 15.1. The van der Waals surface area contributed by atoms with Gasteiger partial charge < -0.3 is 14.4 Å². The van der Waals surface area contributed by atoms with Crippen molar-refractivity contribution in [2.24, 2.45) is 5.92 Å². The minimum Gasteiger partial charge on any atom is -0.457 e. The van der Waals surface area contributed by atoms with E-state index in [1.54, 1.807) is 4.90 Å². The Balaban J connectivity index is 1.52. The molecule has 0 radical (unpaired) electrons. The molecule has 2 fully saturated rings. The number of rotatable bonds is 5. The molecule has 1 saturated heterocycles. The zero-order chi connectivity index (χ0) is 18.3. The van der Waals surface area contributed by atoms with Crippen LogP contribution in [0.1, 0.15) is 29.5 Å². The quantitative estimate of drug-likeness (QED) is 0.771. The summed E-state index contributed by atoms with van der Waals surface area (Å²) < 4.78 is 6.08. The van der Waals surface area contributed by atoms with Crippen LogP contribution < -0.4 is 4.74 Å². The average molecular weight is 349 g/mol. The molecule has 1 aliphatic heterocycles. The highest BCUT2D eigenvalue weighted by Gasteiger charge is 2.53. The minimum atomic E-state index is -0.237. The van der Waals surface area contributed by atoms with Crippen molar-refractivity contribution in [2.75, 3.05) is 0 Å². The number of para-hydroxylation sites is 1. The van der Waals surface area contributed by atoms with E-state index in [1.807, 2.05) is 56.3 Å². The van der Waals surface area contributed by atoms with Gasteiger partial charge in [-0.15, -0.1) is 0 Å². The average Bonchev–Trinajstić information content (AvgIpc) is 3.29. The van der Waals surface area contributed by atoms with Crippen molar-refractivity contribution in [3.8, 4) is 11.5 Å².